The van der Waals surface area contributed by atoms with Gasteiger partial charge in [0.05, 0.1) is 30.0 Å². The summed E-state index contributed by atoms with van der Waals surface area (Å²) >= 11 is 1.77. The van der Waals surface area contributed by atoms with Crippen molar-refractivity contribution in [3.05, 3.63) is 34.5 Å². The molecule has 0 amide bonds. The summed E-state index contributed by atoms with van der Waals surface area (Å²) in [5.41, 5.74) is 1.18. The van der Waals surface area contributed by atoms with E-state index in [0.29, 0.717) is 5.92 Å². The molecule has 114 valence electrons. The molecule has 2 aromatic heterocycles. The van der Waals surface area contributed by atoms with Gasteiger partial charge in [-0.3, -0.25) is 9.58 Å². The van der Waals surface area contributed by atoms with E-state index in [1.54, 1.807) is 11.3 Å². The van der Waals surface area contributed by atoms with E-state index >= 15 is 0 Å². The second-order valence-corrected chi connectivity index (χ2v) is 6.68. The molecule has 1 aliphatic rings. The zero-order valence-electron chi connectivity index (χ0n) is 12.6. The maximum Gasteiger partial charge on any atom is 0.0954 e. The minimum atomic E-state index is 0.210. The van der Waals surface area contributed by atoms with Crippen molar-refractivity contribution in [1.82, 2.24) is 19.7 Å². The molecule has 0 N–H and O–H groups in total. The molecular formula is C15H22N4OS. The first kappa shape index (κ1) is 14.7. The van der Waals surface area contributed by atoms with Gasteiger partial charge in [-0.2, -0.15) is 5.10 Å². The monoisotopic (exact) mass is 306 g/mol. The lowest BCUT2D eigenvalue weighted by atomic mass is 10.2. The fraction of sp³-hybridized carbons (Fsp3) is 0.600. The number of morpholine rings is 1. The molecule has 3 heterocycles. The van der Waals surface area contributed by atoms with Gasteiger partial charge in [-0.05, 0) is 6.07 Å². The molecule has 1 fully saturated rings. The lowest BCUT2D eigenvalue weighted by molar-refractivity contribution is -0.0405. The smallest absolute Gasteiger partial charge is 0.0954 e. The Hall–Kier alpha value is -1.24. The Bertz CT molecular complexity index is 552. The lowest BCUT2D eigenvalue weighted by Crippen LogP contribution is -2.43. The topological polar surface area (TPSA) is 43.2 Å². The third-order valence-electron chi connectivity index (χ3n) is 3.62. The number of ether oxygens (including phenoxy) is 1. The fourth-order valence-corrected chi connectivity index (χ4v) is 3.37. The Morgan fingerprint density at radius 1 is 1.48 bits per heavy atom. The first-order valence-corrected chi connectivity index (χ1v) is 8.34. The molecule has 2 aromatic rings. The van der Waals surface area contributed by atoms with Crippen LogP contribution in [0.15, 0.2) is 23.8 Å². The molecule has 1 saturated heterocycles. The highest BCUT2D eigenvalue weighted by Crippen LogP contribution is 2.20. The van der Waals surface area contributed by atoms with E-state index in [1.165, 1.54) is 10.7 Å². The lowest BCUT2D eigenvalue weighted by Gasteiger charge is -2.32. The first-order valence-electron chi connectivity index (χ1n) is 7.46. The van der Waals surface area contributed by atoms with E-state index in [-0.39, 0.29) is 6.10 Å². The van der Waals surface area contributed by atoms with Gasteiger partial charge in [0, 0.05) is 43.3 Å². The van der Waals surface area contributed by atoms with Crippen LogP contribution in [-0.2, 0) is 17.8 Å². The van der Waals surface area contributed by atoms with Crippen LogP contribution in [0.1, 0.15) is 30.5 Å². The van der Waals surface area contributed by atoms with Crippen LogP contribution in [0.2, 0.25) is 0 Å². The Balaban J connectivity index is 1.55. The molecule has 1 atom stereocenters. The maximum atomic E-state index is 5.84. The van der Waals surface area contributed by atoms with E-state index in [1.807, 2.05) is 23.1 Å². The third-order valence-corrected chi connectivity index (χ3v) is 4.82. The molecule has 3 rings (SSSR count). The van der Waals surface area contributed by atoms with Crippen LogP contribution in [0.5, 0.6) is 0 Å². The van der Waals surface area contributed by atoms with Gasteiger partial charge in [-0.25, -0.2) is 4.98 Å². The van der Waals surface area contributed by atoms with Gasteiger partial charge in [-0.1, -0.05) is 13.8 Å². The SMILES string of the molecule is CC(C)c1nc(CN2CCO[C@@H](Cn3cccn3)C2)cs1. The summed E-state index contributed by atoms with van der Waals surface area (Å²) in [7, 11) is 0. The zero-order valence-corrected chi connectivity index (χ0v) is 13.4. The standard InChI is InChI=1S/C15H22N4OS/c1-12(2)15-17-13(11-21-15)8-18-6-7-20-14(9-18)10-19-5-3-4-16-19/h3-5,11-12,14H,6-10H2,1-2H3/t14-/m1/s1. The molecular weight excluding hydrogens is 284 g/mol. The van der Waals surface area contributed by atoms with Crippen molar-refractivity contribution in [2.24, 2.45) is 0 Å². The van der Waals surface area contributed by atoms with E-state index in [4.69, 9.17) is 9.72 Å². The Morgan fingerprint density at radius 3 is 3.10 bits per heavy atom. The van der Waals surface area contributed by atoms with Crippen LogP contribution in [0.4, 0.5) is 0 Å². The number of hydrogen-bond acceptors (Lipinski definition) is 5. The van der Waals surface area contributed by atoms with E-state index in [0.717, 1.165) is 32.8 Å². The van der Waals surface area contributed by atoms with Gasteiger partial charge in [0.15, 0.2) is 0 Å². The Morgan fingerprint density at radius 2 is 2.38 bits per heavy atom. The predicted molar refractivity (Wildman–Crippen MR) is 83.4 cm³/mol. The van der Waals surface area contributed by atoms with Crippen LogP contribution in [0, 0.1) is 0 Å². The molecule has 21 heavy (non-hydrogen) atoms. The summed E-state index contributed by atoms with van der Waals surface area (Å²) < 4.78 is 7.78. The number of hydrogen-bond donors (Lipinski definition) is 0. The van der Waals surface area contributed by atoms with Crippen LogP contribution in [0.25, 0.3) is 0 Å². The molecule has 0 bridgehead atoms. The van der Waals surface area contributed by atoms with Crippen LogP contribution < -0.4 is 0 Å². The van der Waals surface area contributed by atoms with Crippen molar-refractivity contribution in [2.75, 3.05) is 19.7 Å². The molecule has 0 radical (unpaired) electrons. The summed E-state index contributed by atoms with van der Waals surface area (Å²) in [5, 5.41) is 7.67. The van der Waals surface area contributed by atoms with Crippen molar-refractivity contribution in [3.8, 4) is 0 Å². The number of rotatable bonds is 5. The molecule has 0 aromatic carbocycles. The normalized spacial score (nSPS) is 20.2. The number of thiazole rings is 1. The summed E-state index contributed by atoms with van der Waals surface area (Å²) in [5.74, 6) is 0.515. The van der Waals surface area contributed by atoms with Crippen LogP contribution in [0.3, 0.4) is 0 Å². The van der Waals surface area contributed by atoms with Gasteiger partial charge in [-0.15, -0.1) is 11.3 Å². The second-order valence-electron chi connectivity index (χ2n) is 5.79. The van der Waals surface area contributed by atoms with Gasteiger partial charge < -0.3 is 4.74 Å². The molecule has 5 nitrogen and oxygen atoms in total. The molecule has 0 spiro atoms. The second kappa shape index (κ2) is 6.68. The third kappa shape index (κ3) is 3.90. The fourth-order valence-electron chi connectivity index (χ4n) is 2.54. The van der Waals surface area contributed by atoms with Gasteiger partial charge in [0.2, 0.25) is 0 Å². The molecule has 1 aliphatic heterocycles. The predicted octanol–water partition coefficient (Wildman–Crippen LogP) is 2.36. The molecule has 6 heteroatoms. The minimum Gasteiger partial charge on any atom is -0.374 e. The summed E-state index contributed by atoms with van der Waals surface area (Å²) in [6, 6.07) is 1.95. The van der Waals surface area contributed by atoms with Crippen molar-refractivity contribution >= 4 is 11.3 Å². The summed E-state index contributed by atoms with van der Waals surface area (Å²) in [4.78, 5) is 7.15. The maximum absolute atomic E-state index is 5.84. The van der Waals surface area contributed by atoms with E-state index < -0.39 is 0 Å². The zero-order chi connectivity index (χ0) is 14.7. The highest BCUT2D eigenvalue weighted by molar-refractivity contribution is 7.09. The van der Waals surface area contributed by atoms with Gasteiger partial charge >= 0.3 is 0 Å². The van der Waals surface area contributed by atoms with Crippen molar-refractivity contribution in [3.63, 3.8) is 0 Å². The minimum absolute atomic E-state index is 0.210. The van der Waals surface area contributed by atoms with Gasteiger partial charge in [0.25, 0.3) is 0 Å². The average molecular weight is 306 g/mol. The largest absolute Gasteiger partial charge is 0.374 e. The first-order chi connectivity index (χ1) is 10.2. The summed E-state index contributed by atoms with van der Waals surface area (Å²) in [6.07, 6.45) is 4.00. The molecule has 0 unspecified atom stereocenters. The number of nitrogens with zero attached hydrogens (tertiary/aromatic N) is 4. The quantitative estimate of drug-likeness (QED) is 0.850. The van der Waals surface area contributed by atoms with E-state index in [2.05, 4.69) is 29.2 Å². The highest BCUT2D eigenvalue weighted by atomic mass is 32.1. The molecule has 0 saturated carbocycles. The van der Waals surface area contributed by atoms with Crippen LogP contribution in [-0.4, -0.2) is 45.5 Å². The van der Waals surface area contributed by atoms with Crippen molar-refractivity contribution in [1.29, 1.82) is 0 Å². The van der Waals surface area contributed by atoms with Crippen LogP contribution >= 0.6 is 11.3 Å². The average Bonchev–Trinajstić information content (AvgIpc) is 3.11. The highest BCUT2D eigenvalue weighted by Gasteiger charge is 2.21. The number of aromatic nitrogens is 3. The Labute approximate surface area is 129 Å². The van der Waals surface area contributed by atoms with Crippen molar-refractivity contribution in [2.45, 2.75) is 39.0 Å². The Kier molecular flexibility index (Phi) is 4.67. The summed E-state index contributed by atoms with van der Waals surface area (Å²) in [6.45, 7) is 8.82. The van der Waals surface area contributed by atoms with E-state index in [9.17, 15) is 0 Å². The van der Waals surface area contributed by atoms with Crippen molar-refractivity contribution < 1.29 is 4.74 Å². The van der Waals surface area contributed by atoms with Gasteiger partial charge in [0.1, 0.15) is 0 Å². The molecule has 0 aliphatic carbocycles.